The molecule has 1 amide bonds. The van der Waals surface area contributed by atoms with Gasteiger partial charge in [-0.3, -0.25) is 4.79 Å². The lowest BCUT2D eigenvalue weighted by Crippen LogP contribution is -2.34. The van der Waals surface area contributed by atoms with E-state index in [9.17, 15) is 4.79 Å². The van der Waals surface area contributed by atoms with E-state index in [4.69, 9.17) is 0 Å². The maximum Gasteiger partial charge on any atom is 0.246 e. The Morgan fingerprint density at radius 1 is 0.917 bits per heavy atom. The summed E-state index contributed by atoms with van der Waals surface area (Å²) in [6.07, 6.45) is 18.8. The molecule has 1 heterocycles. The molecule has 0 radical (unpaired) electrons. The van der Waals surface area contributed by atoms with Crippen molar-refractivity contribution in [2.45, 2.75) is 57.8 Å². The van der Waals surface area contributed by atoms with Gasteiger partial charge in [-0.15, -0.1) is 0 Å². The number of carbonyl (C=O) groups is 1. The van der Waals surface area contributed by atoms with Crippen LogP contribution in [-0.4, -0.2) is 23.9 Å². The average Bonchev–Trinajstić information content (AvgIpc) is 2.64. The van der Waals surface area contributed by atoms with E-state index in [0.29, 0.717) is 0 Å². The number of hydrogen-bond donors (Lipinski definition) is 0. The summed E-state index contributed by atoms with van der Waals surface area (Å²) in [6, 6.07) is 10.7. The molecule has 0 aliphatic carbocycles. The number of amides is 1. The number of carbonyl (C=O) groups excluding carboxylic acids is 1. The number of nitrogens with zero attached hydrogens (tertiary/aromatic N) is 1. The van der Waals surface area contributed by atoms with Crippen molar-refractivity contribution in [3.8, 4) is 0 Å². The highest BCUT2D eigenvalue weighted by Crippen LogP contribution is 2.10. The largest absolute Gasteiger partial charge is 0.339 e. The van der Waals surface area contributed by atoms with Crippen LogP contribution in [0.15, 0.2) is 54.6 Å². The van der Waals surface area contributed by atoms with Crippen LogP contribution in [-0.2, 0) is 11.2 Å². The number of hydrogen-bond acceptors (Lipinski definition) is 1. The van der Waals surface area contributed by atoms with Gasteiger partial charge in [0.25, 0.3) is 0 Å². The van der Waals surface area contributed by atoms with Gasteiger partial charge >= 0.3 is 0 Å². The van der Waals surface area contributed by atoms with Gasteiger partial charge in [-0.25, -0.2) is 0 Å². The van der Waals surface area contributed by atoms with Crippen LogP contribution in [0, 0.1) is 0 Å². The van der Waals surface area contributed by atoms with Gasteiger partial charge in [0, 0.05) is 19.2 Å². The molecule has 0 spiro atoms. The van der Waals surface area contributed by atoms with Gasteiger partial charge in [0.2, 0.25) is 5.91 Å². The van der Waals surface area contributed by atoms with Gasteiger partial charge in [0.1, 0.15) is 0 Å². The number of aryl methyl sites for hydroxylation is 1. The van der Waals surface area contributed by atoms with Gasteiger partial charge < -0.3 is 4.90 Å². The molecular weight excluding hydrogens is 294 g/mol. The highest BCUT2D eigenvalue weighted by molar-refractivity contribution is 5.87. The van der Waals surface area contributed by atoms with Crippen LogP contribution < -0.4 is 0 Å². The fourth-order valence-electron chi connectivity index (χ4n) is 3.12. The molecule has 1 aliphatic rings. The second-order valence-electron chi connectivity index (χ2n) is 6.61. The standard InChI is InChI=1S/C22H31NO/c24-22(23-19-13-8-14-20-23)18-12-6-4-2-1-3-5-9-15-21-16-10-7-11-17-21/h4,6-7,10-12,16-18H,1-3,5,8-9,13-15,19-20H2/b6-4+,18-12+. The lowest BCUT2D eigenvalue weighted by Gasteiger charge is -2.25. The number of benzene rings is 1. The molecule has 0 unspecified atom stereocenters. The molecule has 1 aromatic carbocycles. The van der Waals surface area contributed by atoms with Crippen LogP contribution in [0.1, 0.15) is 56.9 Å². The third kappa shape index (κ3) is 7.63. The first-order valence-corrected chi connectivity index (χ1v) is 9.52. The van der Waals surface area contributed by atoms with Crippen molar-refractivity contribution in [1.82, 2.24) is 4.90 Å². The van der Waals surface area contributed by atoms with Gasteiger partial charge in [0.15, 0.2) is 0 Å². The van der Waals surface area contributed by atoms with Gasteiger partial charge in [-0.1, -0.05) is 61.4 Å². The minimum atomic E-state index is 0.167. The summed E-state index contributed by atoms with van der Waals surface area (Å²) in [5.74, 6) is 0.167. The molecule has 1 aliphatic heterocycles. The zero-order chi connectivity index (χ0) is 16.9. The summed E-state index contributed by atoms with van der Waals surface area (Å²) in [4.78, 5) is 13.9. The first-order chi connectivity index (χ1) is 11.9. The molecule has 1 aromatic rings. The van der Waals surface area contributed by atoms with E-state index in [1.807, 2.05) is 17.1 Å². The Bertz CT molecular complexity index is 512. The SMILES string of the molecule is O=C(/C=C/C=C/CCCCCCc1ccccc1)N1CCCCC1. The van der Waals surface area contributed by atoms with Gasteiger partial charge in [0.05, 0.1) is 0 Å². The monoisotopic (exact) mass is 325 g/mol. The quantitative estimate of drug-likeness (QED) is 0.342. The zero-order valence-corrected chi connectivity index (χ0v) is 14.8. The van der Waals surface area contributed by atoms with Crippen molar-refractivity contribution < 1.29 is 4.79 Å². The smallest absolute Gasteiger partial charge is 0.246 e. The third-order valence-electron chi connectivity index (χ3n) is 4.58. The second kappa shape index (κ2) is 11.7. The Morgan fingerprint density at radius 2 is 1.67 bits per heavy atom. The first kappa shape index (κ1) is 18.5. The van der Waals surface area contributed by atoms with E-state index in [0.717, 1.165) is 32.4 Å². The zero-order valence-electron chi connectivity index (χ0n) is 14.8. The minimum absolute atomic E-state index is 0.167. The summed E-state index contributed by atoms with van der Waals surface area (Å²) in [7, 11) is 0. The minimum Gasteiger partial charge on any atom is -0.339 e. The van der Waals surface area contributed by atoms with E-state index >= 15 is 0 Å². The summed E-state index contributed by atoms with van der Waals surface area (Å²) in [6.45, 7) is 1.85. The molecule has 2 nitrogen and oxygen atoms in total. The Labute approximate surface area is 147 Å². The molecule has 0 aromatic heterocycles. The predicted molar refractivity (Wildman–Crippen MR) is 102 cm³/mol. The van der Waals surface area contributed by atoms with Crippen LogP contribution in [0.4, 0.5) is 0 Å². The fourth-order valence-corrected chi connectivity index (χ4v) is 3.12. The average molecular weight is 325 g/mol. The summed E-state index contributed by atoms with van der Waals surface area (Å²) < 4.78 is 0. The van der Waals surface area contributed by atoms with Crippen molar-refractivity contribution in [2.75, 3.05) is 13.1 Å². The van der Waals surface area contributed by atoms with Gasteiger partial charge in [-0.05, 0) is 50.5 Å². The maximum absolute atomic E-state index is 11.9. The van der Waals surface area contributed by atoms with Gasteiger partial charge in [-0.2, -0.15) is 0 Å². The topological polar surface area (TPSA) is 20.3 Å². The Morgan fingerprint density at radius 3 is 2.46 bits per heavy atom. The lowest BCUT2D eigenvalue weighted by molar-refractivity contribution is -0.126. The van der Waals surface area contributed by atoms with Crippen molar-refractivity contribution in [3.05, 3.63) is 60.2 Å². The molecule has 1 fully saturated rings. The summed E-state index contributed by atoms with van der Waals surface area (Å²) >= 11 is 0. The van der Waals surface area contributed by atoms with Crippen LogP contribution in [0.25, 0.3) is 0 Å². The molecule has 0 atom stereocenters. The van der Waals surface area contributed by atoms with Crippen LogP contribution in [0.2, 0.25) is 0 Å². The Kier molecular flexibility index (Phi) is 9.00. The number of likely N-dealkylation sites (tertiary alicyclic amines) is 1. The number of piperidine rings is 1. The van der Waals surface area contributed by atoms with Crippen LogP contribution in [0.5, 0.6) is 0 Å². The summed E-state index contributed by atoms with van der Waals surface area (Å²) in [5.41, 5.74) is 1.45. The Balaban J connectivity index is 1.47. The lowest BCUT2D eigenvalue weighted by atomic mass is 10.1. The number of rotatable bonds is 9. The van der Waals surface area contributed by atoms with E-state index in [2.05, 4.69) is 36.4 Å². The van der Waals surface area contributed by atoms with Crippen molar-refractivity contribution in [2.24, 2.45) is 0 Å². The van der Waals surface area contributed by atoms with E-state index < -0.39 is 0 Å². The predicted octanol–water partition coefficient (Wildman–Crippen LogP) is 5.30. The maximum atomic E-state index is 11.9. The van der Waals surface area contributed by atoms with Crippen LogP contribution in [0.3, 0.4) is 0 Å². The third-order valence-corrected chi connectivity index (χ3v) is 4.58. The normalized spacial score (nSPS) is 15.4. The molecule has 2 rings (SSSR count). The van der Waals surface area contributed by atoms with E-state index in [1.54, 1.807) is 6.08 Å². The number of unbranched alkanes of at least 4 members (excludes halogenated alkanes) is 4. The fraction of sp³-hybridized carbons (Fsp3) is 0.500. The second-order valence-corrected chi connectivity index (χ2v) is 6.61. The highest BCUT2D eigenvalue weighted by Gasteiger charge is 2.12. The molecular formula is C22H31NO. The van der Waals surface area contributed by atoms with Crippen molar-refractivity contribution in [3.63, 3.8) is 0 Å². The molecule has 1 saturated heterocycles. The molecule has 24 heavy (non-hydrogen) atoms. The molecule has 0 N–H and O–H groups in total. The Hall–Kier alpha value is -1.83. The van der Waals surface area contributed by atoms with Crippen LogP contribution >= 0.6 is 0 Å². The summed E-state index contributed by atoms with van der Waals surface area (Å²) in [5, 5.41) is 0. The van der Waals surface area contributed by atoms with E-state index in [1.165, 1.54) is 44.1 Å². The highest BCUT2D eigenvalue weighted by atomic mass is 16.2. The first-order valence-electron chi connectivity index (χ1n) is 9.52. The molecule has 2 heteroatoms. The molecule has 0 saturated carbocycles. The molecule has 0 bridgehead atoms. The number of allylic oxidation sites excluding steroid dienone is 3. The van der Waals surface area contributed by atoms with Crippen molar-refractivity contribution in [1.29, 1.82) is 0 Å². The molecule has 130 valence electrons. The van der Waals surface area contributed by atoms with Crippen molar-refractivity contribution >= 4 is 5.91 Å². The van der Waals surface area contributed by atoms with E-state index in [-0.39, 0.29) is 5.91 Å².